The average molecular weight is 409 g/mol. The minimum absolute atomic E-state index is 0.0313. The van der Waals surface area contributed by atoms with Crippen LogP contribution < -0.4 is 15.4 Å². The Morgan fingerprint density at radius 3 is 2.53 bits per heavy atom. The summed E-state index contributed by atoms with van der Waals surface area (Å²) in [6.07, 6.45) is 1.42. The molecule has 0 atom stereocenters. The zero-order valence-electron chi connectivity index (χ0n) is 17.6. The third-order valence-electron chi connectivity index (χ3n) is 4.81. The average Bonchev–Trinajstić information content (AvgIpc) is 3.08. The number of ether oxygens (including phenoxy) is 1. The highest BCUT2D eigenvalue weighted by Gasteiger charge is 2.14. The quantitative estimate of drug-likeness (QED) is 0.532. The number of hydrogen-bond donors (Lipinski definition) is 2. The smallest absolute Gasteiger partial charge is 0.244 e. The molecular formula is C23H28N4O3. The fourth-order valence-electron chi connectivity index (χ4n) is 3.17. The minimum Gasteiger partial charge on any atom is -0.497 e. The van der Waals surface area contributed by atoms with E-state index >= 15 is 0 Å². The van der Waals surface area contributed by atoms with E-state index in [4.69, 9.17) is 9.72 Å². The first kappa shape index (κ1) is 21.4. The van der Waals surface area contributed by atoms with Crippen LogP contribution >= 0.6 is 0 Å². The van der Waals surface area contributed by atoms with E-state index in [-0.39, 0.29) is 24.3 Å². The lowest BCUT2D eigenvalue weighted by Gasteiger charge is -2.11. The van der Waals surface area contributed by atoms with Gasteiger partial charge in [-0.15, -0.1) is 0 Å². The number of carbonyl (C=O) groups is 2. The topological polar surface area (TPSA) is 85.2 Å². The first-order valence-electron chi connectivity index (χ1n) is 10.1. The number of fused-ring (bicyclic) bond motifs is 1. The van der Waals surface area contributed by atoms with Crippen molar-refractivity contribution in [2.75, 3.05) is 19.0 Å². The Morgan fingerprint density at radius 1 is 1.10 bits per heavy atom. The van der Waals surface area contributed by atoms with Crippen LogP contribution in [0, 0.1) is 5.92 Å². The van der Waals surface area contributed by atoms with E-state index in [1.807, 2.05) is 42.7 Å². The van der Waals surface area contributed by atoms with Gasteiger partial charge in [0.2, 0.25) is 11.8 Å². The van der Waals surface area contributed by atoms with Gasteiger partial charge in [0.05, 0.1) is 18.1 Å². The number of nitrogens with one attached hydrogen (secondary N) is 2. The summed E-state index contributed by atoms with van der Waals surface area (Å²) in [5, 5.41) is 5.84. The lowest BCUT2D eigenvalue weighted by molar-refractivity contribution is -0.124. The number of amides is 2. The highest BCUT2D eigenvalue weighted by atomic mass is 16.5. The molecule has 2 aromatic carbocycles. The van der Waals surface area contributed by atoms with Crippen molar-refractivity contribution >= 4 is 28.5 Å². The molecule has 0 bridgehead atoms. The SMILES string of the molecule is COc1ccc(NC(=O)Cn2c(CCCNC(=O)C(C)C)nc3ccccc32)cc1. The molecule has 3 aromatic rings. The second-order valence-corrected chi connectivity index (χ2v) is 7.43. The number of aromatic nitrogens is 2. The van der Waals surface area contributed by atoms with Crippen molar-refractivity contribution in [2.45, 2.75) is 33.2 Å². The highest BCUT2D eigenvalue weighted by Crippen LogP contribution is 2.18. The molecule has 0 aliphatic carbocycles. The van der Waals surface area contributed by atoms with E-state index in [1.54, 1.807) is 31.4 Å². The van der Waals surface area contributed by atoms with Gasteiger partial charge in [0.25, 0.3) is 0 Å². The van der Waals surface area contributed by atoms with Gasteiger partial charge >= 0.3 is 0 Å². The summed E-state index contributed by atoms with van der Waals surface area (Å²) in [5.41, 5.74) is 2.49. The van der Waals surface area contributed by atoms with Crippen LogP contribution in [0.5, 0.6) is 5.75 Å². The predicted octanol–water partition coefficient (Wildman–Crippen LogP) is 3.39. The Hall–Kier alpha value is -3.35. The first-order valence-corrected chi connectivity index (χ1v) is 10.1. The Labute approximate surface area is 176 Å². The monoisotopic (exact) mass is 408 g/mol. The summed E-state index contributed by atoms with van der Waals surface area (Å²) in [6.45, 7) is 4.49. The van der Waals surface area contributed by atoms with Gasteiger partial charge in [-0.05, 0) is 42.8 Å². The molecule has 0 saturated heterocycles. The summed E-state index contributed by atoms with van der Waals surface area (Å²) in [6, 6.07) is 15.0. The Balaban J connectivity index is 1.69. The van der Waals surface area contributed by atoms with Crippen molar-refractivity contribution in [3.63, 3.8) is 0 Å². The maximum atomic E-state index is 12.7. The van der Waals surface area contributed by atoms with Gasteiger partial charge in [-0.3, -0.25) is 9.59 Å². The molecule has 30 heavy (non-hydrogen) atoms. The number of hydrogen-bond acceptors (Lipinski definition) is 4. The van der Waals surface area contributed by atoms with Crippen LogP contribution in [0.3, 0.4) is 0 Å². The number of anilines is 1. The fraction of sp³-hybridized carbons (Fsp3) is 0.348. The standard InChI is InChI=1S/C23H28N4O3/c1-16(2)23(29)24-14-6-9-21-26-19-7-4-5-8-20(19)27(21)15-22(28)25-17-10-12-18(30-3)13-11-17/h4-5,7-8,10-13,16H,6,9,14-15H2,1-3H3,(H,24,29)(H,25,28). The highest BCUT2D eigenvalue weighted by molar-refractivity contribution is 5.91. The molecule has 0 unspecified atom stereocenters. The summed E-state index contributed by atoms with van der Waals surface area (Å²) >= 11 is 0. The van der Waals surface area contributed by atoms with E-state index in [0.29, 0.717) is 18.7 Å². The number of rotatable bonds is 9. The first-order chi connectivity index (χ1) is 14.5. The lowest BCUT2D eigenvalue weighted by atomic mass is 10.2. The van der Waals surface area contributed by atoms with Crippen molar-refractivity contribution in [3.05, 3.63) is 54.4 Å². The van der Waals surface area contributed by atoms with E-state index in [2.05, 4.69) is 10.6 Å². The second kappa shape index (κ2) is 9.91. The Bertz CT molecular complexity index is 1010. The predicted molar refractivity (Wildman–Crippen MR) is 118 cm³/mol. The van der Waals surface area contributed by atoms with Gasteiger partial charge in [0.15, 0.2) is 0 Å². The number of nitrogens with zero attached hydrogens (tertiary/aromatic N) is 2. The van der Waals surface area contributed by atoms with Gasteiger partial charge in [-0.2, -0.15) is 0 Å². The molecule has 2 N–H and O–H groups in total. The number of aryl methyl sites for hydroxylation is 1. The van der Waals surface area contributed by atoms with Crippen LogP contribution in [0.1, 0.15) is 26.1 Å². The molecule has 1 aromatic heterocycles. The molecule has 1 heterocycles. The number of benzene rings is 2. The van der Waals surface area contributed by atoms with Crippen LogP contribution in [0.4, 0.5) is 5.69 Å². The van der Waals surface area contributed by atoms with Crippen molar-refractivity contribution in [3.8, 4) is 5.75 Å². The molecule has 0 spiro atoms. The van der Waals surface area contributed by atoms with E-state index in [1.165, 1.54) is 0 Å². The fourth-order valence-corrected chi connectivity index (χ4v) is 3.17. The van der Waals surface area contributed by atoms with Crippen LogP contribution in [-0.2, 0) is 22.6 Å². The van der Waals surface area contributed by atoms with Gasteiger partial charge in [0.1, 0.15) is 18.1 Å². The van der Waals surface area contributed by atoms with E-state index in [0.717, 1.165) is 29.0 Å². The van der Waals surface area contributed by atoms with Crippen LogP contribution in [0.2, 0.25) is 0 Å². The summed E-state index contributed by atoms with van der Waals surface area (Å²) in [4.78, 5) is 29.1. The van der Waals surface area contributed by atoms with E-state index < -0.39 is 0 Å². The molecule has 0 aliphatic heterocycles. The van der Waals surface area contributed by atoms with Gasteiger partial charge in [-0.25, -0.2) is 4.98 Å². The third kappa shape index (κ3) is 5.37. The van der Waals surface area contributed by atoms with Crippen molar-refractivity contribution in [1.29, 1.82) is 0 Å². The molecule has 0 saturated carbocycles. The molecular weight excluding hydrogens is 380 g/mol. The summed E-state index contributed by atoms with van der Waals surface area (Å²) in [7, 11) is 1.60. The minimum atomic E-state index is -0.127. The third-order valence-corrected chi connectivity index (χ3v) is 4.81. The largest absolute Gasteiger partial charge is 0.497 e. The van der Waals surface area contributed by atoms with Crippen molar-refractivity contribution in [2.24, 2.45) is 5.92 Å². The second-order valence-electron chi connectivity index (χ2n) is 7.43. The molecule has 2 amide bonds. The molecule has 0 aliphatic rings. The maximum absolute atomic E-state index is 12.7. The van der Waals surface area contributed by atoms with Crippen LogP contribution in [-0.4, -0.2) is 35.0 Å². The maximum Gasteiger partial charge on any atom is 0.244 e. The molecule has 7 heteroatoms. The van der Waals surface area contributed by atoms with E-state index in [9.17, 15) is 9.59 Å². The van der Waals surface area contributed by atoms with Crippen LogP contribution in [0.25, 0.3) is 11.0 Å². The zero-order chi connectivity index (χ0) is 21.5. The van der Waals surface area contributed by atoms with Gasteiger partial charge in [0, 0.05) is 24.6 Å². The molecule has 0 radical (unpaired) electrons. The van der Waals surface area contributed by atoms with Crippen molar-refractivity contribution in [1.82, 2.24) is 14.9 Å². The number of imidazole rings is 1. The van der Waals surface area contributed by atoms with Gasteiger partial charge < -0.3 is 19.9 Å². The normalized spacial score (nSPS) is 10.9. The molecule has 0 fully saturated rings. The Morgan fingerprint density at radius 2 is 1.83 bits per heavy atom. The summed E-state index contributed by atoms with van der Waals surface area (Å²) in [5.74, 6) is 1.46. The lowest BCUT2D eigenvalue weighted by Crippen LogP contribution is -2.29. The molecule has 7 nitrogen and oxygen atoms in total. The number of para-hydroxylation sites is 2. The Kier molecular flexibility index (Phi) is 7.06. The number of carbonyl (C=O) groups excluding carboxylic acids is 2. The van der Waals surface area contributed by atoms with Crippen molar-refractivity contribution < 1.29 is 14.3 Å². The van der Waals surface area contributed by atoms with Gasteiger partial charge in [-0.1, -0.05) is 26.0 Å². The summed E-state index contributed by atoms with van der Waals surface area (Å²) < 4.78 is 7.09. The molecule has 158 valence electrons. The molecule has 3 rings (SSSR count). The van der Waals surface area contributed by atoms with Crippen LogP contribution in [0.15, 0.2) is 48.5 Å². The number of methoxy groups -OCH3 is 1. The zero-order valence-corrected chi connectivity index (χ0v) is 17.6.